The molecule has 58 valence electrons. The molecule has 1 rings (SSSR count). The zero-order chi connectivity index (χ0) is 7.40. The van der Waals surface area contributed by atoms with Crippen molar-refractivity contribution in [1.29, 1.82) is 0 Å². The second kappa shape index (κ2) is 3.40. The summed E-state index contributed by atoms with van der Waals surface area (Å²) in [5.41, 5.74) is 1.45. The summed E-state index contributed by atoms with van der Waals surface area (Å²) in [5, 5.41) is 0. The SMILES string of the molecule is CCC(C)c1ccccc1.[HH].[HH]. The Balaban J connectivity index is 0. The van der Waals surface area contributed by atoms with E-state index in [4.69, 9.17) is 0 Å². The van der Waals surface area contributed by atoms with Crippen LogP contribution in [0.25, 0.3) is 0 Å². The van der Waals surface area contributed by atoms with Gasteiger partial charge in [-0.1, -0.05) is 44.2 Å². The molecule has 0 nitrogen and oxygen atoms in total. The van der Waals surface area contributed by atoms with E-state index >= 15 is 0 Å². The highest BCUT2D eigenvalue weighted by molar-refractivity contribution is 5.18. The van der Waals surface area contributed by atoms with E-state index in [1.165, 1.54) is 12.0 Å². The van der Waals surface area contributed by atoms with Crippen molar-refractivity contribution < 1.29 is 2.85 Å². The summed E-state index contributed by atoms with van der Waals surface area (Å²) in [4.78, 5) is 0. The Morgan fingerprint density at radius 3 is 2.40 bits per heavy atom. The van der Waals surface area contributed by atoms with Crippen LogP contribution in [-0.4, -0.2) is 0 Å². The second-order valence-electron chi connectivity index (χ2n) is 2.72. The minimum absolute atomic E-state index is 0. The zero-order valence-corrected chi connectivity index (χ0v) is 6.67. The summed E-state index contributed by atoms with van der Waals surface area (Å²) < 4.78 is 0. The average Bonchev–Trinajstić information content (AvgIpc) is 2.05. The van der Waals surface area contributed by atoms with Gasteiger partial charge >= 0.3 is 0 Å². The number of benzene rings is 1. The van der Waals surface area contributed by atoms with Crippen molar-refractivity contribution in [2.75, 3.05) is 0 Å². The smallest absolute Gasteiger partial charge is 0 e. The van der Waals surface area contributed by atoms with Crippen molar-refractivity contribution in [3.63, 3.8) is 0 Å². The Morgan fingerprint density at radius 2 is 1.90 bits per heavy atom. The first-order valence-corrected chi connectivity index (χ1v) is 3.89. The predicted octanol–water partition coefficient (Wildman–Crippen LogP) is 3.69. The summed E-state index contributed by atoms with van der Waals surface area (Å²) in [5.74, 6) is 0.709. The van der Waals surface area contributed by atoms with Crippen LogP contribution in [-0.2, 0) is 0 Å². The van der Waals surface area contributed by atoms with Gasteiger partial charge in [0.2, 0.25) is 0 Å². The molecule has 0 fully saturated rings. The van der Waals surface area contributed by atoms with Gasteiger partial charge in [0.1, 0.15) is 0 Å². The highest BCUT2D eigenvalue weighted by Crippen LogP contribution is 2.16. The van der Waals surface area contributed by atoms with Gasteiger partial charge in [0.25, 0.3) is 0 Å². The van der Waals surface area contributed by atoms with Crippen molar-refractivity contribution in [2.45, 2.75) is 26.2 Å². The summed E-state index contributed by atoms with van der Waals surface area (Å²) in [6.45, 7) is 4.48. The second-order valence-corrected chi connectivity index (χ2v) is 2.72. The third-order valence-electron chi connectivity index (χ3n) is 1.98. The quantitative estimate of drug-likeness (QED) is 0.584. The van der Waals surface area contributed by atoms with E-state index < -0.39 is 0 Å². The summed E-state index contributed by atoms with van der Waals surface area (Å²) in [6, 6.07) is 10.6. The molecule has 10 heavy (non-hydrogen) atoms. The lowest BCUT2D eigenvalue weighted by molar-refractivity contribution is 0.733. The minimum Gasteiger partial charge on any atom is -0.0648 e. The van der Waals surface area contributed by atoms with Crippen LogP contribution in [0.1, 0.15) is 34.6 Å². The number of rotatable bonds is 2. The molecule has 0 heterocycles. The number of hydrogen-bond acceptors (Lipinski definition) is 0. The van der Waals surface area contributed by atoms with Gasteiger partial charge in [0, 0.05) is 2.85 Å². The lowest BCUT2D eigenvalue weighted by atomic mass is 9.99. The van der Waals surface area contributed by atoms with Crippen LogP contribution in [0.15, 0.2) is 30.3 Å². The van der Waals surface area contributed by atoms with Crippen LogP contribution in [0.4, 0.5) is 0 Å². The molecule has 1 aromatic carbocycles. The molecular weight excluding hydrogens is 120 g/mol. The van der Waals surface area contributed by atoms with E-state index in [2.05, 4.69) is 44.2 Å². The topological polar surface area (TPSA) is 0 Å². The molecule has 0 bridgehead atoms. The Morgan fingerprint density at radius 1 is 1.30 bits per heavy atom. The average molecular weight is 138 g/mol. The lowest BCUT2D eigenvalue weighted by Gasteiger charge is -2.06. The maximum atomic E-state index is 2.26. The van der Waals surface area contributed by atoms with Crippen LogP contribution in [0.2, 0.25) is 0 Å². The van der Waals surface area contributed by atoms with E-state index in [1.54, 1.807) is 0 Å². The Hall–Kier alpha value is -0.780. The van der Waals surface area contributed by atoms with Crippen LogP contribution in [0.3, 0.4) is 0 Å². The first-order valence-electron chi connectivity index (χ1n) is 3.89. The third-order valence-corrected chi connectivity index (χ3v) is 1.98. The van der Waals surface area contributed by atoms with Gasteiger partial charge < -0.3 is 0 Å². The summed E-state index contributed by atoms with van der Waals surface area (Å²) in [7, 11) is 0. The zero-order valence-electron chi connectivity index (χ0n) is 6.67. The third kappa shape index (κ3) is 1.60. The van der Waals surface area contributed by atoms with Crippen molar-refractivity contribution in [3.05, 3.63) is 35.9 Å². The maximum absolute atomic E-state index is 2.26. The first-order chi connectivity index (χ1) is 4.84. The van der Waals surface area contributed by atoms with Crippen molar-refractivity contribution >= 4 is 0 Å². The summed E-state index contributed by atoms with van der Waals surface area (Å²) >= 11 is 0. The van der Waals surface area contributed by atoms with E-state index in [0.29, 0.717) is 5.92 Å². The molecule has 0 radical (unpaired) electrons. The van der Waals surface area contributed by atoms with Gasteiger partial charge in [-0.2, -0.15) is 0 Å². The van der Waals surface area contributed by atoms with Gasteiger partial charge in [-0.25, -0.2) is 0 Å². The van der Waals surface area contributed by atoms with Crippen molar-refractivity contribution in [3.8, 4) is 0 Å². The van der Waals surface area contributed by atoms with Gasteiger partial charge in [0.05, 0.1) is 0 Å². The molecule has 0 aliphatic heterocycles. The molecule has 0 N–H and O–H groups in total. The fraction of sp³-hybridized carbons (Fsp3) is 0.400. The molecule has 1 atom stereocenters. The first kappa shape index (κ1) is 7.33. The van der Waals surface area contributed by atoms with E-state index in [9.17, 15) is 0 Å². The van der Waals surface area contributed by atoms with Gasteiger partial charge in [-0.3, -0.25) is 0 Å². The molecule has 1 unspecified atom stereocenters. The lowest BCUT2D eigenvalue weighted by Crippen LogP contribution is -1.88. The molecule has 0 aliphatic carbocycles. The standard InChI is InChI=1S/C10H14.2H2/c1-3-9(2)10-7-5-4-6-8-10;;/h4-9H,3H2,1-2H3;2*1H. The van der Waals surface area contributed by atoms with E-state index in [0.717, 1.165) is 0 Å². The molecule has 0 aromatic heterocycles. The Kier molecular flexibility index (Phi) is 2.49. The van der Waals surface area contributed by atoms with Crippen LogP contribution in [0, 0.1) is 0 Å². The van der Waals surface area contributed by atoms with Gasteiger partial charge in [-0.15, -0.1) is 0 Å². The van der Waals surface area contributed by atoms with Crippen molar-refractivity contribution in [2.24, 2.45) is 0 Å². The Labute approximate surface area is 65.9 Å². The monoisotopic (exact) mass is 138 g/mol. The van der Waals surface area contributed by atoms with E-state index in [1.807, 2.05) is 0 Å². The Bertz CT molecular complexity index is 184. The highest BCUT2D eigenvalue weighted by Gasteiger charge is 1.98. The maximum Gasteiger partial charge on any atom is 0 e. The van der Waals surface area contributed by atoms with Gasteiger partial charge in [-0.05, 0) is 17.9 Å². The molecular formula is C10H18. The fourth-order valence-electron chi connectivity index (χ4n) is 1.02. The van der Waals surface area contributed by atoms with Crippen LogP contribution in [0.5, 0.6) is 0 Å². The number of hydrogen-bond donors (Lipinski definition) is 0. The van der Waals surface area contributed by atoms with E-state index in [-0.39, 0.29) is 2.85 Å². The predicted molar refractivity (Wildman–Crippen MR) is 49.4 cm³/mol. The summed E-state index contributed by atoms with van der Waals surface area (Å²) in [6.07, 6.45) is 1.23. The normalized spacial score (nSPS) is 13.0. The molecule has 0 heteroatoms. The molecule has 0 saturated carbocycles. The molecule has 0 spiro atoms. The molecule has 0 amide bonds. The van der Waals surface area contributed by atoms with Gasteiger partial charge in [0.15, 0.2) is 0 Å². The molecule has 0 aliphatic rings. The van der Waals surface area contributed by atoms with Crippen LogP contribution >= 0.6 is 0 Å². The van der Waals surface area contributed by atoms with Crippen molar-refractivity contribution in [1.82, 2.24) is 0 Å². The molecule has 0 saturated heterocycles. The highest BCUT2D eigenvalue weighted by atomic mass is 14.0. The molecule has 1 aromatic rings. The minimum atomic E-state index is 0. The largest absolute Gasteiger partial charge is 0.0648 e. The fourth-order valence-corrected chi connectivity index (χ4v) is 1.02. The van der Waals surface area contributed by atoms with Crippen LogP contribution < -0.4 is 0 Å².